The lowest BCUT2D eigenvalue weighted by molar-refractivity contribution is -0.119. The van der Waals surface area contributed by atoms with E-state index in [9.17, 15) is 4.79 Å². The van der Waals surface area contributed by atoms with E-state index < -0.39 is 0 Å². The summed E-state index contributed by atoms with van der Waals surface area (Å²) in [6.45, 7) is 2.23. The molecule has 0 unspecified atom stereocenters. The van der Waals surface area contributed by atoms with Crippen molar-refractivity contribution >= 4 is 23.2 Å². The summed E-state index contributed by atoms with van der Waals surface area (Å²) < 4.78 is 0. The molecule has 4 heteroatoms. The monoisotopic (exact) mass is 312 g/mol. The summed E-state index contributed by atoms with van der Waals surface area (Å²) in [5.41, 5.74) is 0. The number of carbonyl (C=O) groups excluding carboxylic acids is 1. The van der Waals surface area contributed by atoms with Crippen LogP contribution in [0.5, 0.6) is 0 Å². The number of carbonyl (C=O) groups is 1. The Bertz CT molecular complexity index is 301. The van der Waals surface area contributed by atoms with Crippen molar-refractivity contribution in [1.29, 1.82) is 0 Å². The predicted molar refractivity (Wildman–Crippen MR) is 93.4 cm³/mol. The molecule has 1 aliphatic rings. The Hall–Kier alpha value is -0.640. The van der Waals surface area contributed by atoms with Gasteiger partial charge in [-0.05, 0) is 31.5 Å². The van der Waals surface area contributed by atoms with Crippen LogP contribution in [-0.4, -0.2) is 17.1 Å². The van der Waals surface area contributed by atoms with Crippen LogP contribution in [0.3, 0.4) is 0 Å². The molecule has 0 atom stereocenters. The van der Waals surface area contributed by atoms with Crippen LogP contribution in [0.1, 0.15) is 90.4 Å². The van der Waals surface area contributed by atoms with E-state index in [-0.39, 0.29) is 5.91 Å². The van der Waals surface area contributed by atoms with E-state index in [1.165, 1.54) is 64.2 Å². The number of amides is 1. The molecule has 1 fully saturated rings. The van der Waals surface area contributed by atoms with Gasteiger partial charge in [-0.25, -0.2) is 0 Å². The minimum atomic E-state index is 0.0665. The molecule has 3 nitrogen and oxygen atoms in total. The molecule has 0 aliphatic heterocycles. The average Bonchev–Trinajstić information content (AvgIpc) is 2.47. The smallest absolute Gasteiger partial charge is 0.226 e. The van der Waals surface area contributed by atoms with Crippen LogP contribution < -0.4 is 10.6 Å². The average molecular weight is 313 g/mol. The molecule has 0 bridgehead atoms. The number of hydrogen-bond donors (Lipinski definition) is 2. The zero-order chi connectivity index (χ0) is 15.3. The Kier molecular flexibility index (Phi) is 10.5. The molecule has 122 valence electrons. The number of unbranched alkanes of at least 4 members (excludes halogenated alkanes) is 6. The Balaban J connectivity index is 1.98. The van der Waals surface area contributed by atoms with E-state index in [1.807, 2.05) is 0 Å². The summed E-state index contributed by atoms with van der Waals surface area (Å²) in [4.78, 5) is 11.8. The molecule has 21 heavy (non-hydrogen) atoms. The van der Waals surface area contributed by atoms with Gasteiger partial charge in [0.2, 0.25) is 5.91 Å². The molecule has 1 aliphatic carbocycles. The van der Waals surface area contributed by atoms with Crippen LogP contribution in [0.15, 0.2) is 0 Å². The van der Waals surface area contributed by atoms with Crippen LogP contribution >= 0.6 is 12.2 Å². The Morgan fingerprint density at radius 2 is 1.62 bits per heavy atom. The topological polar surface area (TPSA) is 41.1 Å². The molecular weight excluding hydrogens is 280 g/mol. The van der Waals surface area contributed by atoms with Crippen LogP contribution in [0, 0.1) is 0 Å². The summed E-state index contributed by atoms with van der Waals surface area (Å²) in [5, 5.41) is 6.62. The van der Waals surface area contributed by atoms with Gasteiger partial charge in [-0.2, -0.15) is 0 Å². The molecule has 1 rings (SSSR count). The van der Waals surface area contributed by atoms with Crippen molar-refractivity contribution in [3.63, 3.8) is 0 Å². The highest BCUT2D eigenvalue weighted by Crippen LogP contribution is 2.17. The first-order chi connectivity index (χ1) is 10.2. The maximum absolute atomic E-state index is 11.8. The fourth-order valence-corrected chi connectivity index (χ4v) is 3.18. The van der Waals surface area contributed by atoms with Gasteiger partial charge in [-0.3, -0.25) is 4.79 Å². The normalized spacial score (nSPS) is 15.7. The SMILES string of the molecule is CCCCCCCCCC(=O)NC(=S)NC1CCCCC1. The van der Waals surface area contributed by atoms with Crippen molar-refractivity contribution in [3.8, 4) is 0 Å². The lowest BCUT2D eigenvalue weighted by Gasteiger charge is -2.24. The summed E-state index contributed by atoms with van der Waals surface area (Å²) >= 11 is 5.22. The molecule has 0 saturated heterocycles. The summed E-state index contributed by atoms with van der Waals surface area (Å²) in [6, 6.07) is 0.463. The van der Waals surface area contributed by atoms with Crippen LogP contribution in [-0.2, 0) is 4.79 Å². The predicted octanol–water partition coefficient (Wildman–Crippen LogP) is 4.45. The van der Waals surface area contributed by atoms with Gasteiger partial charge in [0.05, 0.1) is 0 Å². The maximum Gasteiger partial charge on any atom is 0.226 e. The van der Waals surface area contributed by atoms with Crippen LogP contribution in [0.2, 0.25) is 0 Å². The first-order valence-corrected chi connectivity index (χ1v) is 9.23. The first kappa shape index (κ1) is 18.4. The van der Waals surface area contributed by atoms with E-state index in [0.29, 0.717) is 17.6 Å². The van der Waals surface area contributed by atoms with Crippen molar-refractivity contribution in [3.05, 3.63) is 0 Å². The lowest BCUT2D eigenvalue weighted by Crippen LogP contribution is -2.44. The molecule has 0 aromatic heterocycles. The fourth-order valence-electron chi connectivity index (χ4n) is 2.90. The number of nitrogens with one attached hydrogen (secondary N) is 2. The van der Waals surface area contributed by atoms with Gasteiger partial charge in [0.25, 0.3) is 0 Å². The molecular formula is C17H32N2OS. The van der Waals surface area contributed by atoms with E-state index in [2.05, 4.69) is 17.6 Å². The van der Waals surface area contributed by atoms with Gasteiger partial charge in [0.15, 0.2) is 5.11 Å². The van der Waals surface area contributed by atoms with Crippen molar-refractivity contribution in [1.82, 2.24) is 10.6 Å². The Morgan fingerprint density at radius 1 is 1.00 bits per heavy atom. The van der Waals surface area contributed by atoms with E-state index in [1.54, 1.807) is 0 Å². The van der Waals surface area contributed by atoms with Gasteiger partial charge in [-0.1, -0.05) is 64.7 Å². The van der Waals surface area contributed by atoms with Crippen molar-refractivity contribution in [2.24, 2.45) is 0 Å². The van der Waals surface area contributed by atoms with E-state index in [0.717, 1.165) is 12.8 Å². The number of rotatable bonds is 9. The molecule has 0 heterocycles. The molecule has 1 saturated carbocycles. The van der Waals surface area contributed by atoms with Crippen LogP contribution in [0.25, 0.3) is 0 Å². The van der Waals surface area contributed by atoms with Crippen LogP contribution in [0.4, 0.5) is 0 Å². The zero-order valence-corrected chi connectivity index (χ0v) is 14.4. The van der Waals surface area contributed by atoms with Gasteiger partial charge < -0.3 is 10.6 Å². The first-order valence-electron chi connectivity index (χ1n) is 8.82. The maximum atomic E-state index is 11.8. The van der Waals surface area contributed by atoms with Crippen molar-refractivity contribution in [2.45, 2.75) is 96.4 Å². The van der Waals surface area contributed by atoms with Gasteiger partial charge in [0, 0.05) is 12.5 Å². The minimum absolute atomic E-state index is 0.0665. The Labute approximate surface area is 135 Å². The van der Waals surface area contributed by atoms with Gasteiger partial charge in [-0.15, -0.1) is 0 Å². The third-order valence-corrected chi connectivity index (χ3v) is 4.42. The molecule has 0 radical (unpaired) electrons. The lowest BCUT2D eigenvalue weighted by atomic mass is 9.96. The van der Waals surface area contributed by atoms with Gasteiger partial charge >= 0.3 is 0 Å². The summed E-state index contributed by atoms with van der Waals surface area (Å²) in [7, 11) is 0. The van der Waals surface area contributed by atoms with E-state index in [4.69, 9.17) is 12.2 Å². The molecule has 1 amide bonds. The number of hydrogen-bond acceptors (Lipinski definition) is 2. The van der Waals surface area contributed by atoms with Crippen molar-refractivity contribution < 1.29 is 4.79 Å². The largest absolute Gasteiger partial charge is 0.360 e. The highest BCUT2D eigenvalue weighted by atomic mass is 32.1. The second-order valence-corrected chi connectivity index (χ2v) is 6.64. The molecule has 0 aromatic rings. The second kappa shape index (κ2) is 12.0. The number of thiocarbonyl (C=S) groups is 1. The fraction of sp³-hybridized carbons (Fsp3) is 0.882. The second-order valence-electron chi connectivity index (χ2n) is 6.23. The third-order valence-electron chi connectivity index (χ3n) is 4.20. The summed E-state index contributed by atoms with van der Waals surface area (Å²) in [6.07, 6.45) is 15.4. The van der Waals surface area contributed by atoms with E-state index >= 15 is 0 Å². The zero-order valence-electron chi connectivity index (χ0n) is 13.6. The molecule has 0 spiro atoms. The van der Waals surface area contributed by atoms with Gasteiger partial charge in [0.1, 0.15) is 0 Å². The standard InChI is InChI=1S/C17H32N2OS/c1-2-3-4-5-6-7-11-14-16(20)19-17(21)18-15-12-9-8-10-13-15/h15H,2-14H2,1H3,(H2,18,19,20,21). The van der Waals surface area contributed by atoms with Crippen molar-refractivity contribution in [2.75, 3.05) is 0 Å². The highest BCUT2D eigenvalue weighted by Gasteiger charge is 2.14. The summed E-state index contributed by atoms with van der Waals surface area (Å²) in [5.74, 6) is 0.0665. The quantitative estimate of drug-likeness (QED) is 0.488. The molecule has 2 N–H and O–H groups in total. The third kappa shape index (κ3) is 9.83. The minimum Gasteiger partial charge on any atom is -0.360 e. The highest BCUT2D eigenvalue weighted by molar-refractivity contribution is 7.80. The Morgan fingerprint density at radius 3 is 2.29 bits per heavy atom. The molecule has 0 aromatic carbocycles.